The van der Waals surface area contributed by atoms with Crippen molar-refractivity contribution in [1.29, 1.82) is 0 Å². The Kier molecular flexibility index (Phi) is 6.57. The first-order chi connectivity index (χ1) is 12.0. The number of hydrogen-bond donors (Lipinski definition) is 1. The van der Waals surface area contributed by atoms with E-state index in [-0.39, 0.29) is 18.0 Å². The van der Waals surface area contributed by atoms with Gasteiger partial charge in [0.2, 0.25) is 0 Å². The minimum atomic E-state index is -0.723. The standard InChI is InChI=1S/C9H13ClO4.C8H14O3/c10-8(11)14-7-1-3-9(4-2-7)12-5-6-13-9;9-7-1-3-8(4-2-7)10-5-6-11-8/h7H,1-6H2;7,9H,1-6H2. The van der Waals surface area contributed by atoms with E-state index in [1.54, 1.807) is 0 Å². The summed E-state index contributed by atoms with van der Waals surface area (Å²) in [6.45, 7) is 2.77. The summed E-state index contributed by atoms with van der Waals surface area (Å²) in [7, 11) is 0. The predicted octanol–water partition coefficient (Wildman–Crippen LogP) is 2.71. The van der Waals surface area contributed by atoms with Crippen LogP contribution in [0.25, 0.3) is 0 Å². The first-order valence-electron chi connectivity index (χ1n) is 9.11. The molecule has 144 valence electrons. The Bertz CT molecular complexity index is 426. The van der Waals surface area contributed by atoms with Gasteiger partial charge in [-0.1, -0.05) is 0 Å². The molecule has 1 N–H and O–H groups in total. The minimum absolute atomic E-state index is 0.0709. The van der Waals surface area contributed by atoms with Gasteiger partial charge in [0.05, 0.1) is 32.5 Å². The third-order valence-electron chi connectivity index (χ3n) is 5.30. The summed E-state index contributed by atoms with van der Waals surface area (Å²) in [5, 5.41) is 9.24. The lowest BCUT2D eigenvalue weighted by molar-refractivity contribution is -0.187. The third kappa shape index (κ3) is 5.28. The monoisotopic (exact) mass is 378 g/mol. The largest absolute Gasteiger partial charge is 0.450 e. The molecule has 0 aromatic carbocycles. The van der Waals surface area contributed by atoms with Crippen molar-refractivity contribution in [2.24, 2.45) is 0 Å². The van der Waals surface area contributed by atoms with Crippen LogP contribution in [0, 0.1) is 0 Å². The molecule has 4 fully saturated rings. The molecule has 0 aromatic rings. The van der Waals surface area contributed by atoms with Crippen molar-refractivity contribution < 1.29 is 33.6 Å². The van der Waals surface area contributed by atoms with Crippen molar-refractivity contribution in [2.45, 2.75) is 75.1 Å². The number of ether oxygens (including phenoxy) is 5. The fourth-order valence-corrected chi connectivity index (χ4v) is 4.02. The molecule has 0 amide bonds. The minimum Gasteiger partial charge on any atom is -0.450 e. The number of hydrogen-bond acceptors (Lipinski definition) is 7. The summed E-state index contributed by atoms with van der Waals surface area (Å²) in [6.07, 6.45) is 6.23. The normalized spacial score (nSPS) is 30.9. The Labute approximate surface area is 152 Å². The van der Waals surface area contributed by atoms with Gasteiger partial charge in [0, 0.05) is 37.3 Å². The maximum absolute atomic E-state index is 10.5. The highest BCUT2D eigenvalue weighted by Crippen LogP contribution is 2.37. The van der Waals surface area contributed by atoms with Crippen LogP contribution in [0.5, 0.6) is 0 Å². The molecular weight excluding hydrogens is 352 g/mol. The molecule has 0 atom stereocenters. The molecule has 0 radical (unpaired) electrons. The zero-order valence-electron chi connectivity index (χ0n) is 14.4. The van der Waals surface area contributed by atoms with E-state index in [1.807, 2.05) is 0 Å². The Morgan fingerprint density at radius 3 is 1.64 bits per heavy atom. The van der Waals surface area contributed by atoms with Gasteiger partial charge in [-0.25, -0.2) is 4.79 Å². The van der Waals surface area contributed by atoms with Crippen LogP contribution >= 0.6 is 11.6 Å². The number of carbonyl (C=O) groups excluding carboxylic acids is 1. The summed E-state index contributed by atoms with van der Waals surface area (Å²) in [5.74, 6) is -0.700. The quantitative estimate of drug-likeness (QED) is 0.702. The highest BCUT2D eigenvalue weighted by atomic mass is 35.5. The Morgan fingerprint density at radius 2 is 1.24 bits per heavy atom. The molecule has 2 aliphatic heterocycles. The van der Waals surface area contributed by atoms with Gasteiger partial charge in [0.1, 0.15) is 6.10 Å². The van der Waals surface area contributed by atoms with Gasteiger partial charge in [-0.15, -0.1) is 0 Å². The first-order valence-corrected chi connectivity index (χ1v) is 9.49. The first kappa shape index (κ1) is 19.3. The van der Waals surface area contributed by atoms with Crippen LogP contribution in [0.15, 0.2) is 0 Å². The topological polar surface area (TPSA) is 83.5 Å². The zero-order chi connectivity index (χ0) is 17.8. The second kappa shape index (κ2) is 8.50. The molecule has 2 aliphatic carbocycles. The fraction of sp³-hybridized carbons (Fsp3) is 0.941. The summed E-state index contributed by atoms with van der Waals surface area (Å²) in [4.78, 5) is 10.5. The molecule has 4 aliphatic rings. The molecule has 0 bridgehead atoms. The fourth-order valence-electron chi connectivity index (χ4n) is 3.89. The second-order valence-electron chi connectivity index (χ2n) is 7.00. The van der Waals surface area contributed by atoms with E-state index in [0.717, 1.165) is 64.6 Å². The van der Waals surface area contributed by atoms with E-state index in [2.05, 4.69) is 0 Å². The summed E-state index contributed by atoms with van der Waals surface area (Å²) < 4.78 is 27.0. The van der Waals surface area contributed by atoms with Gasteiger partial charge in [-0.2, -0.15) is 0 Å². The molecule has 0 aromatic heterocycles. The maximum atomic E-state index is 10.5. The Hall–Kier alpha value is -0.440. The molecule has 2 saturated heterocycles. The highest BCUT2D eigenvalue weighted by Gasteiger charge is 2.41. The maximum Gasteiger partial charge on any atom is 0.404 e. The van der Waals surface area contributed by atoms with Crippen LogP contribution in [0.3, 0.4) is 0 Å². The number of halogens is 1. The van der Waals surface area contributed by atoms with Crippen molar-refractivity contribution in [2.75, 3.05) is 26.4 Å². The van der Waals surface area contributed by atoms with Gasteiger partial charge < -0.3 is 28.8 Å². The molecule has 0 unspecified atom stereocenters. The Morgan fingerprint density at radius 1 is 0.840 bits per heavy atom. The molecule has 8 heteroatoms. The molecule has 4 rings (SSSR count). The number of carbonyl (C=O) groups is 1. The van der Waals surface area contributed by atoms with Crippen molar-refractivity contribution in [3.63, 3.8) is 0 Å². The van der Waals surface area contributed by atoms with Crippen molar-refractivity contribution in [1.82, 2.24) is 0 Å². The molecule has 2 spiro atoms. The van der Waals surface area contributed by atoms with E-state index in [4.69, 9.17) is 35.3 Å². The van der Waals surface area contributed by atoms with Gasteiger partial charge in [0.15, 0.2) is 11.6 Å². The van der Waals surface area contributed by atoms with E-state index in [0.29, 0.717) is 13.2 Å². The van der Waals surface area contributed by atoms with Crippen LogP contribution in [-0.4, -0.2) is 60.7 Å². The second-order valence-corrected chi connectivity index (χ2v) is 7.31. The summed E-state index contributed by atoms with van der Waals surface area (Å²) in [5.41, 5.74) is -0.723. The van der Waals surface area contributed by atoms with Crippen molar-refractivity contribution in [3.8, 4) is 0 Å². The van der Waals surface area contributed by atoms with Crippen molar-refractivity contribution in [3.05, 3.63) is 0 Å². The number of aliphatic hydroxyl groups excluding tert-OH is 1. The Balaban J connectivity index is 0.000000150. The molecule has 25 heavy (non-hydrogen) atoms. The molecule has 7 nitrogen and oxygen atoms in total. The van der Waals surface area contributed by atoms with Gasteiger partial charge in [-0.3, -0.25) is 0 Å². The van der Waals surface area contributed by atoms with Crippen LogP contribution in [0.4, 0.5) is 4.79 Å². The molecule has 2 heterocycles. The number of aliphatic hydroxyl groups is 1. The number of rotatable bonds is 1. The molecule has 2 saturated carbocycles. The van der Waals surface area contributed by atoms with Gasteiger partial charge in [-0.05, 0) is 25.7 Å². The zero-order valence-corrected chi connectivity index (χ0v) is 15.2. The summed E-state index contributed by atoms with van der Waals surface area (Å²) in [6, 6.07) is 0. The average molecular weight is 379 g/mol. The average Bonchev–Trinajstić information content (AvgIpc) is 3.24. The third-order valence-corrected chi connectivity index (χ3v) is 5.39. The van der Waals surface area contributed by atoms with Crippen LogP contribution in [-0.2, 0) is 23.7 Å². The van der Waals surface area contributed by atoms with Gasteiger partial charge >= 0.3 is 5.43 Å². The lowest BCUT2D eigenvalue weighted by Crippen LogP contribution is -2.37. The van der Waals surface area contributed by atoms with Crippen LogP contribution in [0.1, 0.15) is 51.4 Å². The van der Waals surface area contributed by atoms with Crippen LogP contribution in [0.2, 0.25) is 0 Å². The highest BCUT2D eigenvalue weighted by molar-refractivity contribution is 6.61. The smallest absolute Gasteiger partial charge is 0.404 e. The van der Waals surface area contributed by atoms with E-state index < -0.39 is 11.2 Å². The molecular formula is C17H27ClO7. The van der Waals surface area contributed by atoms with E-state index in [9.17, 15) is 9.90 Å². The van der Waals surface area contributed by atoms with Crippen LogP contribution < -0.4 is 0 Å². The lowest BCUT2D eigenvalue weighted by atomic mass is 9.92. The predicted molar refractivity (Wildman–Crippen MR) is 88.3 cm³/mol. The SMILES string of the molecule is O=C(Cl)OC1CCC2(CC1)OCCO2.OC1CCC2(CC1)OCCO2. The summed E-state index contributed by atoms with van der Waals surface area (Å²) >= 11 is 5.14. The lowest BCUT2D eigenvalue weighted by Gasteiger charge is -2.34. The van der Waals surface area contributed by atoms with E-state index in [1.165, 1.54) is 0 Å². The van der Waals surface area contributed by atoms with Crippen molar-refractivity contribution >= 4 is 17.0 Å². The van der Waals surface area contributed by atoms with E-state index >= 15 is 0 Å². The van der Waals surface area contributed by atoms with Gasteiger partial charge in [0.25, 0.3) is 0 Å².